The van der Waals surface area contributed by atoms with E-state index >= 15 is 0 Å². The third-order valence-corrected chi connectivity index (χ3v) is 5.99. The highest BCUT2D eigenvalue weighted by Crippen LogP contribution is 2.42. The lowest BCUT2D eigenvalue weighted by atomic mass is 9.97. The number of piperidine rings is 1. The van der Waals surface area contributed by atoms with Crippen molar-refractivity contribution in [2.24, 2.45) is 5.92 Å². The Morgan fingerprint density at radius 2 is 2.04 bits per heavy atom. The third kappa shape index (κ3) is 4.80. The van der Waals surface area contributed by atoms with Crippen molar-refractivity contribution in [3.63, 3.8) is 0 Å². The fraction of sp³-hybridized carbons (Fsp3) is 0.526. The number of carbonyl (C=O) groups excluding carboxylic acids is 1. The van der Waals surface area contributed by atoms with Crippen molar-refractivity contribution < 1.29 is 4.79 Å². The Morgan fingerprint density at radius 1 is 1.19 bits per heavy atom. The number of nitrogens with one attached hydrogen (secondary N) is 2. The van der Waals surface area contributed by atoms with Gasteiger partial charge in [0, 0.05) is 25.6 Å². The largest absolute Gasteiger partial charge is 0.337 e. The molecule has 26 heavy (non-hydrogen) atoms. The average molecular weight is 372 g/mol. The summed E-state index contributed by atoms with van der Waals surface area (Å²) in [7, 11) is 0. The van der Waals surface area contributed by atoms with Crippen LogP contribution in [0.3, 0.4) is 0 Å². The van der Waals surface area contributed by atoms with Crippen LogP contribution < -0.4 is 10.6 Å². The zero-order chi connectivity index (χ0) is 17.8. The molecule has 2 aliphatic rings. The second kappa shape index (κ2) is 8.14. The number of benzene rings is 1. The summed E-state index contributed by atoms with van der Waals surface area (Å²) in [4.78, 5) is 14.6. The van der Waals surface area contributed by atoms with Crippen molar-refractivity contribution in [3.05, 3.63) is 40.9 Å². The maximum Gasteiger partial charge on any atom is 0.321 e. The topological polar surface area (TPSA) is 70.2 Å². The van der Waals surface area contributed by atoms with E-state index in [0.717, 1.165) is 31.1 Å². The van der Waals surface area contributed by atoms with Crippen LogP contribution in [0.4, 0.5) is 9.93 Å². The molecule has 2 N–H and O–H groups in total. The number of amides is 2. The molecule has 7 heteroatoms. The standard InChI is InChI=1S/C19H25N5OS/c25-18(21-19-23-22-17(26-19)16-8-9-16)20-11-15-7-4-10-24(13-15)12-14-5-2-1-3-6-14/h1-3,5-6,15-16H,4,7-13H2,(H2,20,21,23,25)/t15-/m0/s1. The minimum Gasteiger partial charge on any atom is -0.337 e. The highest BCUT2D eigenvalue weighted by molar-refractivity contribution is 7.15. The summed E-state index contributed by atoms with van der Waals surface area (Å²) in [5, 5.41) is 15.7. The number of likely N-dealkylation sites (tertiary alicyclic amines) is 1. The molecule has 6 nitrogen and oxygen atoms in total. The van der Waals surface area contributed by atoms with Gasteiger partial charge >= 0.3 is 6.03 Å². The van der Waals surface area contributed by atoms with Gasteiger partial charge in [0.25, 0.3) is 0 Å². The van der Waals surface area contributed by atoms with E-state index in [-0.39, 0.29) is 6.03 Å². The van der Waals surface area contributed by atoms with Crippen LogP contribution in [0.5, 0.6) is 0 Å². The van der Waals surface area contributed by atoms with Gasteiger partial charge in [0.15, 0.2) is 0 Å². The third-order valence-electron chi connectivity index (χ3n) is 4.99. The van der Waals surface area contributed by atoms with Crippen LogP contribution in [0.25, 0.3) is 0 Å². The molecule has 1 saturated carbocycles. The second-order valence-corrected chi connectivity index (χ2v) is 8.29. The smallest absolute Gasteiger partial charge is 0.321 e. The monoisotopic (exact) mass is 371 g/mol. The molecule has 1 atom stereocenters. The first-order chi connectivity index (χ1) is 12.8. The second-order valence-electron chi connectivity index (χ2n) is 7.28. The Labute approximate surface area is 158 Å². The predicted molar refractivity (Wildman–Crippen MR) is 103 cm³/mol. The molecule has 138 valence electrons. The van der Waals surface area contributed by atoms with E-state index in [2.05, 4.69) is 56.1 Å². The van der Waals surface area contributed by atoms with E-state index in [0.29, 0.717) is 23.5 Å². The highest BCUT2D eigenvalue weighted by Gasteiger charge is 2.28. The molecule has 2 heterocycles. The summed E-state index contributed by atoms with van der Waals surface area (Å²) in [6.45, 7) is 3.84. The first-order valence-electron chi connectivity index (χ1n) is 9.41. The molecule has 2 amide bonds. The molecule has 2 fully saturated rings. The number of urea groups is 1. The molecule has 0 radical (unpaired) electrons. The van der Waals surface area contributed by atoms with Crippen LogP contribution in [-0.2, 0) is 6.54 Å². The van der Waals surface area contributed by atoms with Crippen molar-refractivity contribution >= 4 is 22.5 Å². The number of hydrogen-bond acceptors (Lipinski definition) is 5. The van der Waals surface area contributed by atoms with Gasteiger partial charge in [-0.15, -0.1) is 10.2 Å². The van der Waals surface area contributed by atoms with E-state index < -0.39 is 0 Å². The number of hydrogen-bond donors (Lipinski definition) is 2. The maximum absolute atomic E-state index is 12.1. The average Bonchev–Trinajstić information content (AvgIpc) is 3.41. The van der Waals surface area contributed by atoms with Gasteiger partial charge < -0.3 is 5.32 Å². The molecule has 1 aliphatic carbocycles. The summed E-state index contributed by atoms with van der Waals surface area (Å²) in [6, 6.07) is 10.4. The quantitative estimate of drug-likeness (QED) is 0.816. The lowest BCUT2D eigenvalue weighted by Gasteiger charge is -2.32. The van der Waals surface area contributed by atoms with Crippen LogP contribution in [0.1, 0.15) is 42.2 Å². The van der Waals surface area contributed by atoms with Crippen molar-refractivity contribution in [1.82, 2.24) is 20.4 Å². The van der Waals surface area contributed by atoms with Gasteiger partial charge in [0.1, 0.15) is 5.01 Å². The van der Waals surface area contributed by atoms with Gasteiger partial charge in [-0.05, 0) is 43.7 Å². The van der Waals surface area contributed by atoms with Crippen LogP contribution in [-0.4, -0.2) is 40.8 Å². The molecule has 1 saturated heterocycles. The normalized spacial score (nSPS) is 20.7. The van der Waals surface area contributed by atoms with Gasteiger partial charge in [-0.2, -0.15) is 0 Å². The molecular formula is C19H25N5OS. The molecule has 1 aromatic carbocycles. The zero-order valence-electron chi connectivity index (χ0n) is 14.9. The van der Waals surface area contributed by atoms with Gasteiger partial charge in [0.05, 0.1) is 0 Å². The van der Waals surface area contributed by atoms with Crippen molar-refractivity contribution in [1.29, 1.82) is 0 Å². The maximum atomic E-state index is 12.1. The molecule has 2 aromatic rings. The molecule has 1 aliphatic heterocycles. The number of aromatic nitrogens is 2. The predicted octanol–water partition coefficient (Wildman–Crippen LogP) is 3.45. The van der Waals surface area contributed by atoms with Gasteiger partial charge in [-0.25, -0.2) is 4.79 Å². The van der Waals surface area contributed by atoms with Crippen LogP contribution in [0, 0.1) is 5.92 Å². The summed E-state index contributed by atoms with van der Waals surface area (Å²) in [5.41, 5.74) is 1.35. The lowest BCUT2D eigenvalue weighted by Crippen LogP contribution is -2.41. The van der Waals surface area contributed by atoms with Gasteiger partial charge in [-0.1, -0.05) is 41.7 Å². The van der Waals surface area contributed by atoms with E-state index in [1.54, 1.807) is 0 Å². The Bertz CT molecular complexity index is 731. The van der Waals surface area contributed by atoms with Crippen molar-refractivity contribution in [2.75, 3.05) is 25.0 Å². The van der Waals surface area contributed by atoms with Crippen molar-refractivity contribution in [3.8, 4) is 0 Å². The SMILES string of the molecule is O=C(NC[C@@H]1CCCN(Cc2ccccc2)C1)Nc1nnc(C2CC2)s1. The fourth-order valence-corrected chi connectivity index (χ4v) is 4.37. The number of anilines is 1. The van der Waals surface area contributed by atoms with Crippen LogP contribution in [0.2, 0.25) is 0 Å². The Balaban J connectivity index is 1.21. The summed E-state index contributed by atoms with van der Waals surface area (Å²) in [6.07, 6.45) is 4.74. The molecule has 0 bridgehead atoms. The van der Waals surface area contributed by atoms with Crippen molar-refractivity contribution in [2.45, 2.75) is 38.1 Å². The first kappa shape index (κ1) is 17.4. The van der Waals surface area contributed by atoms with E-state index in [1.165, 1.54) is 36.2 Å². The Hall–Kier alpha value is -1.99. The number of nitrogens with zero attached hydrogens (tertiary/aromatic N) is 3. The minimum atomic E-state index is -0.177. The lowest BCUT2D eigenvalue weighted by molar-refractivity contribution is 0.166. The van der Waals surface area contributed by atoms with Crippen LogP contribution >= 0.6 is 11.3 Å². The molecule has 0 unspecified atom stereocenters. The van der Waals surface area contributed by atoms with E-state index in [1.807, 2.05) is 0 Å². The highest BCUT2D eigenvalue weighted by atomic mass is 32.1. The summed E-state index contributed by atoms with van der Waals surface area (Å²) >= 11 is 1.49. The molecule has 4 rings (SSSR count). The molecule has 0 spiro atoms. The van der Waals surface area contributed by atoms with Crippen LogP contribution in [0.15, 0.2) is 30.3 Å². The minimum absolute atomic E-state index is 0.177. The zero-order valence-corrected chi connectivity index (χ0v) is 15.7. The van der Waals surface area contributed by atoms with Gasteiger partial charge in [0.2, 0.25) is 5.13 Å². The summed E-state index contributed by atoms with van der Waals surface area (Å²) < 4.78 is 0. The van der Waals surface area contributed by atoms with E-state index in [4.69, 9.17) is 0 Å². The van der Waals surface area contributed by atoms with E-state index in [9.17, 15) is 4.79 Å². The Morgan fingerprint density at radius 3 is 2.85 bits per heavy atom. The first-order valence-corrected chi connectivity index (χ1v) is 10.2. The number of rotatable bonds is 6. The van der Waals surface area contributed by atoms with Gasteiger partial charge in [-0.3, -0.25) is 10.2 Å². The fourth-order valence-electron chi connectivity index (χ4n) is 3.46. The summed E-state index contributed by atoms with van der Waals surface area (Å²) in [5.74, 6) is 1.07. The number of carbonyl (C=O) groups is 1. The molecular weight excluding hydrogens is 346 g/mol. The Kier molecular flexibility index (Phi) is 5.45. The molecule has 1 aromatic heterocycles.